The maximum absolute atomic E-state index is 13.7. The van der Waals surface area contributed by atoms with E-state index in [1.54, 1.807) is 57.2 Å². The highest BCUT2D eigenvalue weighted by Crippen LogP contribution is 2.46. The number of rotatable bonds is 8. The van der Waals surface area contributed by atoms with E-state index in [-0.39, 0.29) is 29.7 Å². The molecular formula is C28H28F5N7O3. The smallest absolute Gasteiger partial charge is 0.453 e. The number of aliphatic carboxylic acids is 1. The molecule has 0 spiro atoms. The van der Waals surface area contributed by atoms with Crippen molar-refractivity contribution in [3.8, 4) is 0 Å². The zero-order chi connectivity index (χ0) is 31.5. The molecule has 2 aliphatic heterocycles. The maximum atomic E-state index is 13.7. The van der Waals surface area contributed by atoms with E-state index in [2.05, 4.69) is 25.7 Å². The number of nitrogen functional groups attached to an aromatic ring is 1. The fraction of sp³-hybridized carbons (Fsp3) is 0.393. The van der Waals surface area contributed by atoms with Crippen molar-refractivity contribution in [2.24, 2.45) is 5.41 Å². The average molecular weight is 606 g/mol. The summed E-state index contributed by atoms with van der Waals surface area (Å²) in [6, 6.07) is 9.17. The zero-order valence-corrected chi connectivity index (χ0v) is 23.3. The molecule has 2 aliphatic rings. The van der Waals surface area contributed by atoms with Crippen molar-refractivity contribution in [2.45, 2.75) is 57.2 Å². The number of aromatic nitrogens is 3. The number of hydrazine groups is 1. The van der Waals surface area contributed by atoms with Crippen LogP contribution in [0.4, 0.5) is 39.4 Å². The normalized spacial score (nSPS) is 20.1. The van der Waals surface area contributed by atoms with Gasteiger partial charge in [-0.25, -0.2) is 20.4 Å². The molecule has 1 aromatic carbocycles. The summed E-state index contributed by atoms with van der Waals surface area (Å²) in [5, 5.41) is 13.3. The van der Waals surface area contributed by atoms with Crippen LogP contribution in [0.2, 0.25) is 0 Å². The Labute approximate surface area is 242 Å². The standard InChI is InChI=1S/C28H28F5N7O3/c1-25(2,24(42)43)13-14-6-8-15(9-7-14)26(3)17-19(34)36-21(37-20(17)38-23(26)41)18-16-5-4-11-35-22(16)40(39-18)12-10-27(29,30)28(31,32)33/h4-9,11,18,39H,10,12-13H2,1-3H3,(H,42,43)(H3,34,36,37,38,41)/t18-,26?/m0/s1. The Morgan fingerprint density at radius 2 is 1.79 bits per heavy atom. The first kappa shape index (κ1) is 30.1. The van der Waals surface area contributed by atoms with Crippen LogP contribution in [0.5, 0.6) is 0 Å². The van der Waals surface area contributed by atoms with Crippen molar-refractivity contribution in [1.29, 1.82) is 0 Å². The molecule has 2 atom stereocenters. The van der Waals surface area contributed by atoms with Crippen molar-refractivity contribution in [1.82, 2.24) is 20.4 Å². The molecule has 15 heteroatoms. The Bertz CT molecular complexity index is 1600. The molecule has 0 bridgehead atoms. The van der Waals surface area contributed by atoms with Gasteiger partial charge in [-0.05, 0) is 44.4 Å². The first-order valence-electron chi connectivity index (χ1n) is 13.2. The molecule has 228 valence electrons. The average Bonchev–Trinajstić information content (AvgIpc) is 3.42. The summed E-state index contributed by atoms with van der Waals surface area (Å²) in [7, 11) is 0. The number of halogens is 5. The number of nitrogens with two attached hydrogens (primary N) is 1. The predicted octanol–water partition coefficient (Wildman–Crippen LogP) is 4.37. The largest absolute Gasteiger partial charge is 0.481 e. The molecule has 5 N–H and O–H groups in total. The van der Waals surface area contributed by atoms with Gasteiger partial charge < -0.3 is 16.2 Å². The molecule has 0 saturated carbocycles. The minimum Gasteiger partial charge on any atom is -0.481 e. The fourth-order valence-electron chi connectivity index (χ4n) is 5.28. The maximum Gasteiger partial charge on any atom is 0.453 e. The van der Waals surface area contributed by atoms with Crippen LogP contribution < -0.4 is 21.5 Å². The summed E-state index contributed by atoms with van der Waals surface area (Å²) < 4.78 is 65.6. The molecule has 4 heterocycles. The van der Waals surface area contributed by atoms with E-state index in [0.717, 1.165) is 10.6 Å². The number of alkyl halides is 5. The van der Waals surface area contributed by atoms with Crippen LogP contribution in [-0.4, -0.2) is 50.6 Å². The number of carboxylic acids is 1. The lowest BCUT2D eigenvalue weighted by Gasteiger charge is -2.25. The second-order valence-electron chi connectivity index (χ2n) is 11.4. The van der Waals surface area contributed by atoms with E-state index in [4.69, 9.17) is 5.73 Å². The third kappa shape index (κ3) is 5.11. The summed E-state index contributed by atoms with van der Waals surface area (Å²) in [5.41, 5.74) is 9.01. The molecule has 1 amide bonds. The lowest BCUT2D eigenvalue weighted by Crippen LogP contribution is -2.43. The third-order valence-electron chi connectivity index (χ3n) is 7.89. The van der Waals surface area contributed by atoms with Gasteiger partial charge >= 0.3 is 18.1 Å². The molecule has 43 heavy (non-hydrogen) atoms. The zero-order valence-electron chi connectivity index (χ0n) is 23.3. The van der Waals surface area contributed by atoms with Gasteiger partial charge in [0.2, 0.25) is 5.91 Å². The summed E-state index contributed by atoms with van der Waals surface area (Å²) >= 11 is 0. The number of amides is 1. The Kier molecular flexibility index (Phi) is 7.07. The van der Waals surface area contributed by atoms with Crippen LogP contribution >= 0.6 is 0 Å². The molecule has 0 fully saturated rings. The van der Waals surface area contributed by atoms with Crippen LogP contribution in [0, 0.1) is 5.41 Å². The summed E-state index contributed by atoms with van der Waals surface area (Å²) in [5.74, 6) is -6.01. The number of anilines is 3. The van der Waals surface area contributed by atoms with Crippen molar-refractivity contribution < 1.29 is 36.6 Å². The predicted molar refractivity (Wildman–Crippen MR) is 145 cm³/mol. The van der Waals surface area contributed by atoms with Gasteiger partial charge in [-0.1, -0.05) is 30.3 Å². The fourth-order valence-corrected chi connectivity index (χ4v) is 5.28. The summed E-state index contributed by atoms with van der Waals surface area (Å²) in [4.78, 5) is 37.9. The number of carbonyl (C=O) groups excluding carboxylic acids is 1. The van der Waals surface area contributed by atoms with Crippen LogP contribution in [0.1, 0.15) is 61.3 Å². The van der Waals surface area contributed by atoms with Gasteiger partial charge in [0.15, 0.2) is 5.82 Å². The molecule has 0 aliphatic carbocycles. The molecular weight excluding hydrogens is 577 g/mol. The number of carboxylic acid groups (broad SMARTS) is 1. The highest BCUT2D eigenvalue weighted by Gasteiger charge is 2.57. The van der Waals surface area contributed by atoms with E-state index < -0.39 is 53.8 Å². The summed E-state index contributed by atoms with van der Waals surface area (Å²) in [6.07, 6.45) is -5.57. The Balaban J connectivity index is 1.44. The number of hydrogen-bond acceptors (Lipinski definition) is 8. The highest BCUT2D eigenvalue weighted by atomic mass is 19.4. The molecule has 3 aromatic rings. The number of nitrogens with zero attached hydrogens (tertiary/aromatic N) is 4. The summed E-state index contributed by atoms with van der Waals surface area (Å²) in [6.45, 7) is 4.17. The first-order valence-corrected chi connectivity index (χ1v) is 13.2. The topological polar surface area (TPSA) is 146 Å². The third-order valence-corrected chi connectivity index (χ3v) is 7.89. The second kappa shape index (κ2) is 10.1. The minimum absolute atomic E-state index is 0.0359. The SMILES string of the molecule is CC(C)(Cc1ccc(C2(C)C(=O)Nc3nc([C@H]4NN(CCC(F)(F)C(F)(F)F)c5ncccc54)nc(N)c32)cc1)C(=O)O. The number of benzene rings is 1. The Morgan fingerprint density at radius 1 is 1.12 bits per heavy atom. The van der Waals surface area contributed by atoms with E-state index >= 15 is 0 Å². The van der Waals surface area contributed by atoms with Crippen LogP contribution in [0.25, 0.3) is 0 Å². The minimum atomic E-state index is -5.70. The van der Waals surface area contributed by atoms with Gasteiger partial charge in [0, 0.05) is 24.7 Å². The number of fused-ring (bicyclic) bond motifs is 2. The Morgan fingerprint density at radius 3 is 2.42 bits per heavy atom. The van der Waals surface area contributed by atoms with Crippen molar-refractivity contribution >= 4 is 29.3 Å². The number of pyridine rings is 1. The second-order valence-corrected chi connectivity index (χ2v) is 11.4. The van der Waals surface area contributed by atoms with E-state index in [9.17, 15) is 36.6 Å². The Hall–Kier alpha value is -4.40. The molecule has 0 saturated heterocycles. The van der Waals surface area contributed by atoms with Gasteiger partial charge in [0.1, 0.15) is 28.9 Å². The van der Waals surface area contributed by atoms with Gasteiger partial charge in [0.05, 0.1) is 11.0 Å². The first-order chi connectivity index (χ1) is 20.0. The molecule has 1 unspecified atom stereocenters. The van der Waals surface area contributed by atoms with Crippen molar-refractivity contribution in [3.05, 3.63) is 70.7 Å². The van der Waals surface area contributed by atoms with Gasteiger partial charge in [-0.2, -0.15) is 22.0 Å². The van der Waals surface area contributed by atoms with Gasteiger partial charge in [0.25, 0.3) is 0 Å². The van der Waals surface area contributed by atoms with Crippen LogP contribution in [0.3, 0.4) is 0 Å². The number of carbonyl (C=O) groups is 2. The highest BCUT2D eigenvalue weighted by molar-refractivity contribution is 6.08. The van der Waals surface area contributed by atoms with Gasteiger partial charge in [-0.3, -0.25) is 14.6 Å². The van der Waals surface area contributed by atoms with Crippen molar-refractivity contribution in [3.63, 3.8) is 0 Å². The van der Waals surface area contributed by atoms with Crippen molar-refractivity contribution in [2.75, 3.05) is 22.6 Å². The molecule has 2 aromatic heterocycles. The quantitative estimate of drug-likeness (QED) is 0.275. The van der Waals surface area contributed by atoms with Crippen LogP contribution in [0.15, 0.2) is 42.6 Å². The molecule has 0 radical (unpaired) electrons. The lowest BCUT2D eigenvalue weighted by molar-refractivity contribution is -0.283. The van der Waals surface area contributed by atoms with Crippen LogP contribution in [-0.2, 0) is 21.4 Å². The number of hydrogen-bond donors (Lipinski definition) is 4. The molecule has 10 nitrogen and oxygen atoms in total. The lowest BCUT2D eigenvalue weighted by atomic mass is 9.77. The van der Waals surface area contributed by atoms with Gasteiger partial charge in [-0.15, -0.1) is 0 Å². The van der Waals surface area contributed by atoms with E-state index in [0.29, 0.717) is 16.7 Å². The number of nitrogens with one attached hydrogen (secondary N) is 2. The van der Waals surface area contributed by atoms with E-state index in [1.165, 1.54) is 6.20 Å². The monoisotopic (exact) mass is 605 g/mol. The molecule has 5 rings (SSSR count). The van der Waals surface area contributed by atoms with E-state index in [1.807, 2.05) is 0 Å².